The molecule has 1 unspecified atom stereocenters. The van der Waals surface area contributed by atoms with E-state index in [2.05, 4.69) is 28.4 Å². The van der Waals surface area contributed by atoms with Gasteiger partial charge in [0.15, 0.2) is 0 Å². The Morgan fingerprint density at radius 2 is 2.00 bits per heavy atom. The lowest BCUT2D eigenvalue weighted by Gasteiger charge is -2.33. The number of methoxy groups -OCH3 is 1. The third-order valence-corrected chi connectivity index (χ3v) is 5.07. The second kappa shape index (κ2) is 7.17. The number of ether oxygens (including phenoxy) is 1. The molecule has 3 nitrogen and oxygen atoms in total. The zero-order chi connectivity index (χ0) is 14.5. The van der Waals surface area contributed by atoms with E-state index >= 15 is 0 Å². The first-order valence-electron chi connectivity index (χ1n) is 8.49. The molecular weight excluding hydrogens is 260 g/mol. The summed E-state index contributed by atoms with van der Waals surface area (Å²) in [4.78, 5) is 2.54. The van der Waals surface area contributed by atoms with Crippen LogP contribution in [0.5, 0.6) is 5.75 Å². The van der Waals surface area contributed by atoms with E-state index in [9.17, 15) is 0 Å². The summed E-state index contributed by atoms with van der Waals surface area (Å²) >= 11 is 0. The summed E-state index contributed by atoms with van der Waals surface area (Å²) < 4.78 is 5.38. The number of nitrogens with one attached hydrogen (secondary N) is 1. The quantitative estimate of drug-likeness (QED) is 0.922. The van der Waals surface area contributed by atoms with Crippen molar-refractivity contribution in [1.29, 1.82) is 0 Å². The van der Waals surface area contributed by atoms with E-state index < -0.39 is 0 Å². The highest BCUT2D eigenvalue weighted by molar-refractivity contribution is 5.51. The van der Waals surface area contributed by atoms with Crippen LogP contribution >= 0.6 is 0 Å². The van der Waals surface area contributed by atoms with E-state index in [1.165, 1.54) is 44.2 Å². The molecule has 21 heavy (non-hydrogen) atoms. The molecule has 0 amide bonds. The Morgan fingerprint density at radius 1 is 1.14 bits per heavy atom. The summed E-state index contributed by atoms with van der Waals surface area (Å²) in [5.74, 6) is 1.82. The Hall–Kier alpha value is -1.22. The van der Waals surface area contributed by atoms with Crippen LogP contribution < -0.4 is 15.0 Å². The Balaban J connectivity index is 1.71. The minimum absolute atomic E-state index is 0.652. The minimum Gasteiger partial charge on any atom is -0.497 e. The number of nitrogens with zero attached hydrogens (tertiary/aromatic N) is 1. The first-order chi connectivity index (χ1) is 10.4. The van der Waals surface area contributed by atoms with Crippen LogP contribution in [-0.4, -0.2) is 32.8 Å². The third-order valence-electron chi connectivity index (χ3n) is 5.07. The van der Waals surface area contributed by atoms with Gasteiger partial charge in [-0.25, -0.2) is 0 Å². The second-order valence-corrected chi connectivity index (χ2v) is 6.46. The normalized spacial score (nSPS) is 24.6. The first kappa shape index (κ1) is 14.7. The minimum atomic E-state index is 0.652. The van der Waals surface area contributed by atoms with Crippen LogP contribution in [0.1, 0.15) is 38.5 Å². The van der Waals surface area contributed by atoms with Gasteiger partial charge < -0.3 is 15.0 Å². The molecule has 1 saturated carbocycles. The molecule has 1 aromatic carbocycles. The van der Waals surface area contributed by atoms with Crippen molar-refractivity contribution < 1.29 is 4.74 Å². The lowest BCUT2D eigenvalue weighted by molar-refractivity contribution is 0.277. The molecular formula is C18H28N2O. The van der Waals surface area contributed by atoms with Gasteiger partial charge in [0, 0.05) is 30.9 Å². The van der Waals surface area contributed by atoms with Crippen molar-refractivity contribution in [3.63, 3.8) is 0 Å². The van der Waals surface area contributed by atoms with Crippen LogP contribution in [-0.2, 0) is 0 Å². The topological polar surface area (TPSA) is 24.5 Å². The maximum absolute atomic E-state index is 5.38. The van der Waals surface area contributed by atoms with Crippen molar-refractivity contribution in [1.82, 2.24) is 5.32 Å². The standard InChI is InChI=1S/C18H28N2O/c1-21-17-10-5-9-16(13-17)20-12-6-11-19-18(14-20)15-7-3-2-4-8-15/h5,9-10,13,15,18-19H,2-4,6-8,11-12,14H2,1H3. The molecule has 3 heteroatoms. The van der Waals surface area contributed by atoms with Crippen LogP contribution in [0.25, 0.3) is 0 Å². The Labute approximate surface area is 128 Å². The lowest BCUT2D eigenvalue weighted by Crippen LogP contribution is -2.43. The molecule has 0 aromatic heterocycles. The van der Waals surface area contributed by atoms with E-state index in [-0.39, 0.29) is 0 Å². The average molecular weight is 288 g/mol. The molecule has 1 aliphatic carbocycles. The van der Waals surface area contributed by atoms with Crippen LogP contribution in [0.15, 0.2) is 24.3 Å². The molecule has 1 aromatic rings. The lowest BCUT2D eigenvalue weighted by atomic mass is 9.83. The van der Waals surface area contributed by atoms with Crippen LogP contribution in [0.2, 0.25) is 0 Å². The summed E-state index contributed by atoms with van der Waals surface area (Å²) in [6.45, 7) is 3.43. The highest BCUT2D eigenvalue weighted by atomic mass is 16.5. The van der Waals surface area contributed by atoms with Gasteiger partial charge in [0.05, 0.1) is 7.11 Å². The van der Waals surface area contributed by atoms with Gasteiger partial charge in [-0.05, 0) is 43.9 Å². The molecule has 0 spiro atoms. The predicted octanol–water partition coefficient (Wildman–Crippen LogP) is 3.44. The van der Waals surface area contributed by atoms with Crippen LogP contribution in [0.3, 0.4) is 0 Å². The fraction of sp³-hybridized carbons (Fsp3) is 0.667. The molecule has 0 bridgehead atoms. The molecule has 1 aliphatic heterocycles. The van der Waals surface area contributed by atoms with Gasteiger partial charge in [0.2, 0.25) is 0 Å². The highest BCUT2D eigenvalue weighted by Gasteiger charge is 2.27. The van der Waals surface area contributed by atoms with Crippen LogP contribution in [0, 0.1) is 5.92 Å². The maximum Gasteiger partial charge on any atom is 0.120 e. The largest absolute Gasteiger partial charge is 0.497 e. The SMILES string of the molecule is COc1cccc(N2CCCNC(C3CCCCC3)C2)c1. The van der Waals surface area contributed by atoms with Crippen molar-refractivity contribution in [3.8, 4) is 5.75 Å². The van der Waals surface area contributed by atoms with Crippen molar-refractivity contribution in [2.75, 3.05) is 31.6 Å². The number of hydrogen-bond donors (Lipinski definition) is 1. The van der Waals surface area contributed by atoms with Gasteiger partial charge in [0.25, 0.3) is 0 Å². The Morgan fingerprint density at radius 3 is 2.81 bits per heavy atom. The monoisotopic (exact) mass is 288 g/mol. The van der Waals surface area contributed by atoms with Crippen LogP contribution in [0.4, 0.5) is 5.69 Å². The average Bonchev–Trinajstić information content (AvgIpc) is 2.82. The van der Waals surface area contributed by atoms with Gasteiger partial charge >= 0.3 is 0 Å². The van der Waals surface area contributed by atoms with Crippen molar-refractivity contribution >= 4 is 5.69 Å². The smallest absolute Gasteiger partial charge is 0.120 e. The molecule has 116 valence electrons. The Bertz CT molecular complexity index is 443. The molecule has 2 aliphatic rings. The van der Waals surface area contributed by atoms with E-state index in [4.69, 9.17) is 4.74 Å². The maximum atomic E-state index is 5.38. The van der Waals surface area contributed by atoms with E-state index in [0.29, 0.717) is 6.04 Å². The summed E-state index contributed by atoms with van der Waals surface area (Å²) in [6, 6.07) is 9.16. The summed E-state index contributed by atoms with van der Waals surface area (Å²) in [5.41, 5.74) is 1.30. The Kier molecular flexibility index (Phi) is 5.02. The fourth-order valence-corrected chi connectivity index (χ4v) is 3.84. The number of anilines is 1. The van der Waals surface area contributed by atoms with Gasteiger partial charge in [-0.3, -0.25) is 0 Å². The predicted molar refractivity (Wildman–Crippen MR) is 88.2 cm³/mol. The summed E-state index contributed by atoms with van der Waals surface area (Å²) in [5, 5.41) is 3.81. The van der Waals surface area contributed by atoms with Gasteiger partial charge in [-0.2, -0.15) is 0 Å². The molecule has 1 atom stereocenters. The molecule has 2 fully saturated rings. The number of rotatable bonds is 3. The third kappa shape index (κ3) is 3.70. The zero-order valence-corrected chi connectivity index (χ0v) is 13.2. The number of benzene rings is 1. The fourth-order valence-electron chi connectivity index (χ4n) is 3.84. The first-order valence-corrected chi connectivity index (χ1v) is 8.49. The van der Waals surface area contributed by atoms with Crippen molar-refractivity contribution in [2.24, 2.45) is 5.92 Å². The highest BCUT2D eigenvalue weighted by Crippen LogP contribution is 2.29. The van der Waals surface area contributed by atoms with Gasteiger partial charge in [-0.1, -0.05) is 25.3 Å². The van der Waals surface area contributed by atoms with E-state index in [1.54, 1.807) is 7.11 Å². The van der Waals surface area contributed by atoms with E-state index in [0.717, 1.165) is 31.3 Å². The van der Waals surface area contributed by atoms with Gasteiger partial charge in [0.1, 0.15) is 5.75 Å². The van der Waals surface area contributed by atoms with Crippen molar-refractivity contribution in [3.05, 3.63) is 24.3 Å². The number of hydrogen-bond acceptors (Lipinski definition) is 3. The van der Waals surface area contributed by atoms with Crippen molar-refractivity contribution in [2.45, 2.75) is 44.6 Å². The second-order valence-electron chi connectivity index (χ2n) is 6.46. The molecule has 3 rings (SSSR count). The van der Waals surface area contributed by atoms with Gasteiger partial charge in [-0.15, -0.1) is 0 Å². The summed E-state index contributed by atoms with van der Waals surface area (Å²) in [7, 11) is 1.74. The molecule has 1 saturated heterocycles. The molecule has 1 N–H and O–H groups in total. The summed E-state index contributed by atoms with van der Waals surface area (Å²) in [6.07, 6.45) is 8.31. The molecule has 0 radical (unpaired) electrons. The molecule has 1 heterocycles. The van der Waals surface area contributed by atoms with E-state index in [1.807, 2.05) is 6.07 Å². The zero-order valence-electron chi connectivity index (χ0n) is 13.2.